The fraction of sp³-hybridized carbons (Fsp3) is 0.880. The molecule has 1 unspecified atom stereocenters. The van der Waals surface area contributed by atoms with E-state index in [1.54, 1.807) is 10.9 Å². The number of carbonyl (C=O) groups excluding carboxylic acids is 1. The van der Waals surface area contributed by atoms with Crippen molar-refractivity contribution in [3.05, 3.63) is 11.9 Å². The largest absolute Gasteiger partial charge is 0.393 e. The fourth-order valence-electron chi connectivity index (χ4n) is 7.45. The van der Waals surface area contributed by atoms with Crippen molar-refractivity contribution in [3.8, 4) is 0 Å². The van der Waals surface area contributed by atoms with Gasteiger partial charge in [0, 0.05) is 13.0 Å². The molecule has 6 nitrogen and oxygen atoms in total. The lowest BCUT2D eigenvalue weighted by atomic mass is 9.49. The number of aliphatic hydroxyl groups excluding tert-OH is 1. The molecule has 7 atom stereocenters. The second-order valence-electron chi connectivity index (χ2n) is 10.8. The second kappa shape index (κ2) is 9.70. The Morgan fingerprint density at radius 3 is 2.81 bits per heavy atom. The summed E-state index contributed by atoms with van der Waals surface area (Å²) >= 11 is 0. The summed E-state index contributed by atoms with van der Waals surface area (Å²) in [7, 11) is 1.85. The highest BCUT2D eigenvalue weighted by atomic mass is 16.5. The van der Waals surface area contributed by atoms with Crippen molar-refractivity contribution in [1.82, 2.24) is 15.0 Å². The van der Waals surface area contributed by atoms with Gasteiger partial charge in [-0.25, -0.2) is 4.68 Å². The zero-order valence-corrected chi connectivity index (χ0v) is 19.6. The fourth-order valence-corrected chi connectivity index (χ4v) is 7.45. The molecule has 0 saturated heterocycles. The highest BCUT2D eigenvalue weighted by Gasteiger charge is 2.54. The molecule has 1 heterocycles. The van der Waals surface area contributed by atoms with Gasteiger partial charge in [-0.1, -0.05) is 18.6 Å². The van der Waals surface area contributed by atoms with Crippen molar-refractivity contribution < 1.29 is 14.6 Å². The lowest BCUT2D eigenvalue weighted by Gasteiger charge is -2.57. The minimum absolute atomic E-state index is 0.133. The maximum atomic E-state index is 13.1. The average molecular weight is 432 g/mol. The van der Waals surface area contributed by atoms with Gasteiger partial charge in [0.15, 0.2) is 5.78 Å². The summed E-state index contributed by atoms with van der Waals surface area (Å²) < 4.78 is 7.58. The van der Waals surface area contributed by atoms with Gasteiger partial charge in [0.05, 0.1) is 24.6 Å². The molecule has 3 fully saturated rings. The molecule has 31 heavy (non-hydrogen) atoms. The van der Waals surface area contributed by atoms with Gasteiger partial charge in [0.2, 0.25) is 0 Å². The lowest BCUT2D eigenvalue weighted by molar-refractivity contribution is -0.129. The molecule has 6 heteroatoms. The van der Waals surface area contributed by atoms with Crippen LogP contribution in [0.4, 0.5) is 0 Å². The van der Waals surface area contributed by atoms with Gasteiger partial charge in [0.25, 0.3) is 0 Å². The second-order valence-corrected chi connectivity index (χ2v) is 10.8. The molecule has 0 aliphatic heterocycles. The third-order valence-corrected chi connectivity index (χ3v) is 9.17. The summed E-state index contributed by atoms with van der Waals surface area (Å²) in [6, 6.07) is 0. The minimum Gasteiger partial charge on any atom is -0.393 e. The molecule has 3 aliphatic rings. The number of carbonyl (C=O) groups is 1. The molecule has 1 aromatic heterocycles. The normalized spacial score (nSPS) is 39.0. The minimum atomic E-state index is -0.137. The Labute approximate surface area is 187 Å². The van der Waals surface area contributed by atoms with Crippen LogP contribution in [-0.2, 0) is 16.1 Å². The Hall–Kier alpha value is -1.27. The van der Waals surface area contributed by atoms with E-state index in [1.807, 2.05) is 14.0 Å². The number of aryl methyl sites for hydroxylation is 1. The summed E-state index contributed by atoms with van der Waals surface area (Å²) in [5, 5.41) is 18.4. The number of ketones is 1. The predicted molar refractivity (Wildman–Crippen MR) is 119 cm³/mol. The predicted octanol–water partition coefficient (Wildman–Crippen LogP) is 4.19. The van der Waals surface area contributed by atoms with Crippen LogP contribution in [0.25, 0.3) is 0 Å². The third-order valence-electron chi connectivity index (χ3n) is 9.17. The number of methoxy groups -OCH3 is 1. The topological polar surface area (TPSA) is 77.2 Å². The van der Waals surface area contributed by atoms with Crippen molar-refractivity contribution in [1.29, 1.82) is 0 Å². The Morgan fingerprint density at radius 1 is 1.23 bits per heavy atom. The van der Waals surface area contributed by atoms with Crippen LogP contribution in [-0.4, -0.2) is 45.7 Å². The smallest absolute Gasteiger partial charge is 0.157 e. The van der Waals surface area contributed by atoms with Crippen LogP contribution < -0.4 is 0 Å². The zero-order valence-electron chi connectivity index (χ0n) is 19.6. The number of ether oxygens (including phenoxy) is 1. The summed E-state index contributed by atoms with van der Waals surface area (Å²) in [5.41, 5.74) is 1.16. The number of hydrogen-bond donors (Lipinski definition) is 1. The van der Waals surface area contributed by atoms with E-state index in [9.17, 15) is 9.90 Å². The number of Topliss-reactive ketones (excluding diaryl/α,β-unsaturated/α-hetero) is 1. The molecule has 0 amide bonds. The Balaban J connectivity index is 1.50. The van der Waals surface area contributed by atoms with Crippen molar-refractivity contribution in [2.75, 3.05) is 13.7 Å². The van der Waals surface area contributed by atoms with Crippen molar-refractivity contribution in [2.24, 2.45) is 35.0 Å². The van der Waals surface area contributed by atoms with Crippen LogP contribution in [0.15, 0.2) is 6.20 Å². The van der Waals surface area contributed by atoms with Crippen LogP contribution >= 0.6 is 0 Å². The van der Waals surface area contributed by atoms with Gasteiger partial charge in [0.1, 0.15) is 6.54 Å². The van der Waals surface area contributed by atoms with Gasteiger partial charge in [-0.2, -0.15) is 0 Å². The number of fused-ring (bicyclic) bond motifs is 3. The first-order valence-electron chi connectivity index (χ1n) is 12.5. The van der Waals surface area contributed by atoms with E-state index >= 15 is 0 Å². The standard InChI is InChI=1S/C25H41N3O3/c1-17-7-8-19(24(30)15-28-18(2)14-26-27-28)5-4-6-23-22(17)10-9-20-13-21(29)11-12-25(20,23)16-31-3/h14,17,19-23,29H,4-13,15-16H2,1-3H3/t17-,19+,20-,21+,22-,23?,25+/m0/s1. The van der Waals surface area contributed by atoms with Crippen molar-refractivity contribution in [2.45, 2.75) is 90.7 Å². The van der Waals surface area contributed by atoms with Crippen molar-refractivity contribution >= 4 is 5.78 Å². The summed E-state index contributed by atoms with van der Waals surface area (Å²) in [4.78, 5) is 13.1. The first-order chi connectivity index (χ1) is 14.9. The third kappa shape index (κ3) is 4.61. The Kier molecular flexibility index (Phi) is 7.17. The van der Waals surface area contributed by atoms with Gasteiger partial charge in [-0.15, -0.1) is 5.10 Å². The van der Waals surface area contributed by atoms with Crippen LogP contribution in [0.1, 0.15) is 76.8 Å². The molecule has 0 spiro atoms. The SMILES string of the molecule is COC[C@]12CC[C@@H](O)C[C@@H]1CC[C@@H]1C2CCC[C@@H](C(=O)Cn2nncc2C)CC[C@@H]1C. The summed E-state index contributed by atoms with van der Waals surface area (Å²) in [5.74, 6) is 3.03. The van der Waals surface area contributed by atoms with E-state index in [1.165, 1.54) is 19.3 Å². The Morgan fingerprint density at radius 2 is 2.06 bits per heavy atom. The van der Waals surface area contributed by atoms with E-state index in [0.29, 0.717) is 36.0 Å². The number of aromatic nitrogens is 3. The number of aliphatic hydroxyl groups is 1. The van der Waals surface area contributed by atoms with E-state index < -0.39 is 0 Å². The van der Waals surface area contributed by atoms with Gasteiger partial charge in [-0.3, -0.25) is 4.79 Å². The molecule has 0 aromatic carbocycles. The maximum Gasteiger partial charge on any atom is 0.157 e. The monoisotopic (exact) mass is 431 g/mol. The molecule has 3 aliphatic carbocycles. The van der Waals surface area contributed by atoms with Gasteiger partial charge >= 0.3 is 0 Å². The van der Waals surface area contributed by atoms with E-state index in [0.717, 1.165) is 57.2 Å². The highest BCUT2D eigenvalue weighted by Crippen LogP contribution is 2.59. The molecule has 4 rings (SSSR count). The molecule has 1 N–H and O–H groups in total. The van der Waals surface area contributed by atoms with E-state index in [-0.39, 0.29) is 17.4 Å². The van der Waals surface area contributed by atoms with Gasteiger partial charge in [-0.05, 0) is 93.8 Å². The average Bonchev–Trinajstić information content (AvgIpc) is 3.17. The number of rotatable bonds is 5. The van der Waals surface area contributed by atoms with Gasteiger partial charge < -0.3 is 9.84 Å². The van der Waals surface area contributed by atoms with Crippen LogP contribution in [0.3, 0.4) is 0 Å². The quantitative estimate of drug-likeness (QED) is 0.756. The van der Waals surface area contributed by atoms with Crippen LogP contribution in [0.2, 0.25) is 0 Å². The number of nitrogens with zero attached hydrogens (tertiary/aromatic N) is 3. The molecular weight excluding hydrogens is 390 g/mol. The van der Waals surface area contributed by atoms with E-state index in [2.05, 4.69) is 17.2 Å². The first-order valence-corrected chi connectivity index (χ1v) is 12.5. The summed E-state index contributed by atoms with van der Waals surface area (Å²) in [6.07, 6.45) is 12.4. The molecule has 3 saturated carbocycles. The van der Waals surface area contributed by atoms with Crippen molar-refractivity contribution in [3.63, 3.8) is 0 Å². The van der Waals surface area contributed by atoms with E-state index in [4.69, 9.17) is 4.74 Å². The van der Waals surface area contributed by atoms with Crippen LogP contribution in [0, 0.1) is 41.9 Å². The molecule has 1 aromatic rings. The zero-order chi connectivity index (χ0) is 22.0. The Bertz CT molecular complexity index is 750. The molecule has 174 valence electrons. The lowest BCUT2D eigenvalue weighted by Crippen LogP contribution is -2.53. The number of hydrogen-bond acceptors (Lipinski definition) is 5. The van der Waals surface area contributed by atoms with Crippen LogP contribution in [0.5, 0.6) is 0 Å². The molecule has 0 radical (unpaired) electrons. The molecule has 0 bridgehead atoms. The first kappa shape index (κ1) is 22.9. The molecular formula is C25H41N3O3. The summed E-state index contributed by atoms with van der Waals surface area (Å²) in [6.45, 7) is 5.55. The highest BCUT2D eigenvalue weighted by molar-refractivity contribution is 5.80. The maximum absolute atomic E-state index is 13.1.